The van der Waals surface area contributed by atoms with Gasteiger partial charge < -0.3 is 10.5 Å². The monoisotopic (exact) mass is 407 g/mol. The highest BCUT2D eigenvalue weighted by molar-refractivity contribution is 9.10. The number of nitrogens with two attached hydrogens (primary N) is 1. The molecule has 0 aliphatic heterocycles. The number of methoxy groups -OCH3 is 1. The second kappa shape index (κ2) is 7.59. The molecule has 4 nitrogen and oxygen atoms in total. The predicted molar refractivity (Wildman–Crippen MR) is 108 cm³/mol. The van der Waals surface area contributed by atoms with Crippen LogP contribution in [0.3, 0.4) is 0 Å². The first-order valence-electron chi connectivity index (χ1n) is 8.22. The average Bonchev–Trinajstić information content (AvgIpc) is 2.67. The Morgan fingerprint density at radius 3 is 2.46 bits per heavy atom. The van der Waals surface area contributed by atoms with E-state index in [9.17, 15) is 5.26 Å². The van der Waals surface area contributed by atoms with E-state index in [2.05, 4.69) is 33.9 Å². The number of benzene rings is 2. The first kappa shape index (κ1) is 18.0. The molecule has 0 aliphatic rings. The fourth-order valence-corrected chi connectivity index (χ4v) is 3.61. The Balaban J connectivity index is 2.35. The molecule has 0 aliphatic carbocycles. The van der Waals surface area contributed by atoms with Crippen molar-refractivity contribution in [3.05, 3.63) is 64.1 Å². The third-order valence-corrected chi connectivity index (χ3v) is 4.90. The predicted octanol–water partition coefficient (Wildman–Crippen LogP) is 5.20. The van der Waals surface area contributed by atoms with Gasteiger partial charge in [0.15, 0.2) is 0 Å². The van der Waals surface area contributed by atoms with E-state index in [-0.39, 0.29) is 5.82 Å². The van der Waals surface area contributed by atoms with Crippen LogP contribution in [0, 0.1) is 11.3 Å². The lowest BCUT2D eigenvalue weighted by Gasteiger charge is -2.17. The van der Waals surface area contributed by atoms with Gasteiger partial charge in [0.1, 0.15) is 23.2 Å². The number of rotatable bonds is 4. The second-order valence-corrected chi connectivity index (χ2v) is 6.61. The van der Waals surface area contributed by atoms with E-state index in [0.717, 1.165) is 44.6 Å². The van der Waals surface area contributed by atoms with Gasteiger partial charge in [0.05, 0.1) is 17.3 Å². The van der Waals surface area contributed by atoms with E-state index in [1.165, 1.54) is 0 Å². The van der Waals surface area contributed by atoms with Gasteiger partial charge in [0, 0.05) is 11.1 Å². The Hall–Kier alpha value is -2.84. The SMILES string of the molecule is CCc1c(-c2ccccc2)nc(N)c(C#N)c1-c1ccc(OC)c(Br)c1. The molecule has 0 spiro atoms. The number of hydrogen-bond donors (Lipinski definition) is 1. The zero-order chi connectivity index (χ0) is 18.7. The number of nitrogens with zero attached hydrogens (tertiary/aromatic N) is 2. The van der Waals surface area contributed by atoms with E-state index >= 15 is 0 Å². The van der Waals surface area contributed by atoms with Crippen LogP contribution < -0.4 is 10.5 Å². The molecule has 1 aromatic heterocycles. The maximum Gasteiger partial charge on any atom is 0.142 e. The minimum Gasteiger partial charge on any atom is -0.496 e. The van der Waals surface area contributed by atoms with E-state index in [1.54, 1.807) is 7.11 Å². The molecular weight excluding hydrogens is 390 g/mol. The highest BCUT2D eigenvalue weighted by Crippen LogP contribution is 2.39. The van der Waals surface area contributed by atoms with Crippen molar-refractivity contribution >= 4 is 21.7 Å². The number of anilines is 1. The number of aromatic nitrogens is 1. The lowest BCUT2D eigenvalue weighted by atomic mass is 9.90. The van der Waals surface area contributed by atoms with Crippen LogP contribution in [0.5, 0.6) is 5.75 Å². The third kappa shape index (κ3) is 3.16. The first-order chi connectivity index (χ1) is 12.6. The highest BCUT2D eigenvalue weighted by Gasteiger charge is 2.20. The third-order valence-electron chi connectivity index (χ3n) is 4.28. The van der Waals surface area contributed by atoms with Crippen molar-refractivity contribution in [3.63, 3.8) is 0 Å². The summed E-state index contributed by atoms with van der Waals surface area (Å²) in [5.74, 6) is 0.973. The molecule has 2 aromatic carbocycles. The lowest BCUT2D eigenvalue weighted by molar-refractivity contribution is 0.412. The summed E-state index contributed by atoms with van der Waals surface area (Å²) >= 11 is 3.52. The number of ether oxygens (including phenoxy) is 1. The fourth-order valence-electron chi connectivity index (χ4n) is 3.07. The zero-order valence-corrected chi connectivity index (χ0v) is 16.2. The number of hydrogen-bond acceptors (Lipinski definition) is 4. The maximum absolute atomic E-state index is 9.71. The molecule has 2 N–H and O–H groups in total. The summed E-state index contributed by atoms with van der Waals surface area (Å²) in [4.78, 5) is 4.55. The van der Waals surface area contributed by atoms with Gasteiger partial charge in [-0.3, -0.25) is 0 Å². The molecular formula is C21H18BrN3O. The quantitative estimate of drug-likeness (QED) is 0.644. The summed E-state index contributed by atoms with van der Waals surface area (Å²) in [7, 11) is 1.62. The molecule has 1 heterocycles. The van der Waals surface area contributed by atoms with Crippen LogP contribution in [0.15, 0.2) is 53.0 Å². The second-order valence-electron chi connectivity index (χ2n) is 5.75. The van der Waals surface area contributed by atoms with E-state index in [4.69, 9.17) is 10.5 Å². The van der Waals surface area contributed by atoms with E-state index in [1.807, 2.05) is 48.5 Å². The summed E-state index contributed by atoms with van der Waals surface area (Å²) < 4.78 is 6.14. The number of pyridine rings is 1. The summed E-state index contributed by atoms with van der Waals surface area (Å²) in [5.41, 5.74) is 11.1. The Bertz CT molecular complexity index is 994. The number of nitrogen functional groups attached to an aromatic ring is 1. The van der Waals surface area contributed by atoms with Crippen LogP contribution in [0.2, 0.25) is 0 Å². The molecule has 0 saturated carbocycles. The Morgan fingerprint density at radius 2 is 1.88 bits per heavy atom. The lowest BCUT2D eigenvalue weighted by Crippen LogP contribution is -2.05. The molecule has 130 valence electrons. The van der Waals surface area contributed by atoms with Crippen LogP contribution in [-0.4, -0.2) is 12.1 Å². The van der Waals surface area contributed by atoms with Crippen molar-refractivity contribution in [2.75, 3.05) is 12.8 Å². The van der Waals surface area contributed by atoms with Crippen LogP contribution in [0.1, 0.15) is 18.1 Å². The van der Waals surface area contributed by atoms with Crippen molar-refractivity contribution in [3.8, 4) is 34.2 Å². The summed E-state index contributed by atoms with van der Waals surface area (Å²) in [6.45, 7) is 2.06. The zero-order valence-electron chi connectivity index (χ0n) is 14.6. The van der Waals surface area contributed by atoms with Crippen molar-refractivity contribution in [2.24, 2.45) is 0 Å². The maximum atomic E-state index is 9.71. The minimum atomic E-state index is 0.241. The molecule has 3 rings (SSSR count). The molecule has 0 amide bonds. The van der Waals surface area contributed by atoms with Gasteiger partial charge in [0.25, 0.3) is 0 Å². The van der Waals surface area contributed by atoms with Crippen molar-refractivity contribution in [1.82, 2.24) is 4.98 Å². The molecule has 0 radical (unpaired) electrons. The van der Waals surface area contributed by atoms with Crippen LogP contribution in [0.4, 0.5) is 5.82 Å². The molecule has 26 heavy (non-hydrogen) atoms. The number of nitriles is 1. The molecule has 5 heteroatoms. The molecule has 0 fully saturated rings. The summed E-state index contributed by atoms with van der Waals surface area (Å²) in [6.07, 6.45) is 0.727. The first-order valence-corrected chi connectivity index (χ1v) is 9.01. The topological polar surface area (TPSA) is 71.9 Å². The molecule has 0 atom stereocenters. The van der Waals surface area contributed by atoms with Crippen molar-refractivity contribution in [2.45, 2.75) is 13.3 Å². The summed E-state index contributed by atoms with van der Waals surface area (Å²) in [5, 5.41) is 9.71. The van der Waals surface area contributed by atoms with Gasteiger partial charge in [-0.2, -0.15) is 5.26 Å². The van der Waals surface area contributed by atoms with Gasteiger partial charge >= 0.3 is 0 Å². The standard InChI is InChI=1S/C21H18BrN3O/c1-3-15-19(14-9-10-18(26-2)17(22)11-14)16(12-23)21(24)25-20(15)13-7-5-4-6-8-13/h4-11H,3H2,1-2H3,(H2,24,25). The Kier molecular flexibility index (Phi) is 5.24. The van der Waals surface area contributed by atoms with Crippen LogP contribution >= 0.6 is 15.9 Å². The van der Waals surface area contributed by atoms with Crippen LogP contribution in [0.25, 0.3) is 22.4 Å². The van der Waals surface area contributed by atoms with Gasteiger partial charge in [-0.1, -0.05) is 43.3 Å². The largest absolute Gasteiger partial charge is 0.496 e. The fraction of sp³-hybridized carbons (Fsp3) is 0.143. The Morgan fingerprint density at radius 1 is 1.15 bits per heavy atom. The van der Waals surface area contributed by atoms with Crippen LogP contribution in [-0.2, 0) is 6.42 Å². The summed E-state index contributed by atoms with van der Waals surface area (Å²) in [6, 6.07) is 17.9. The van der Waals surface area contributed by atoms with E-state index < -0.39 is 0 Å². The van der Waals surface area contributed by atoms with Gasteiger partial charge in [-0.05, 0) is 45.6 Å². The van der Waals surface area contributed by atoms with Gasteiger partial charge in [0.2, 0.25) is 0 Å². The van der Waals surface area contributed by atoms with Gasteiger partial charge in [-0.15, -0.1) is 0 Å². The smallest absolute Gasteiger partial charge is 0.142 e. The Labute approximate surface area is 161 Å². The van der Waals surface area contributed by atoms with Gasteiger partial charge in [-0.25, -0.2) is 4.98 Å². The minimum absolute atomic E-state index is 0.241. The van der Waals surface area contributed by atoms with Crippen molar-refractivity contribution in [1.29, 1.82) is 5.26 Å². The normalized spacial score (nSPS) is 10.4. The number of halogens is 1. The average molecular weight is 408 g/mol. The molecule has 0 saturated heterocycles. The molecule has 3 aromatic rings. The van der Waals surface area contributed by atoms with E-state index in [0.29, 0.717) is 5.56 Å². The molecule has 0 unspecified atom stereocenters. The molecule has 0 bridgehead atoms. The van der Waals surface area contributed by atoms with Crippen molar-refractivity contribution < 1.29 is 4.74 Å². The highest BCUT2D eigenvalue weighted by atomic mass is 79.9.